The van der Waals surface area contributed by atoms with Gasteiger partial charge in [0.15, 0.2) is 11.9 Å². The molecule has 7 nitrogen and oxygen atoms in total. The summed E-state index contributed by atoms with van der Waals surface area (Å²) >= 11 is 0. The van der Waals surface area contributed by atoms with Crippen LogP contribution in [0.15, 0.2) is 24.3 Å². The largest absolute Gasteiger partial charge is 0.473 e. The number of nitrogens with one attached hydrogen (secondary N) is 1. The van der Waals surface area contributed by atoms with Crippen LogP contribution in [0.25, 0.3) is 0 Å². The van der Waals surface area contributed by atoms with E-state index in [1.807, 2.05) is 5.43 Å². The first-order chi connectivity index (χ1) is 8.10. The lowest BCUT2D eigenvalue weighted by molar-refractivity contribution is -0.386. The number of ether oxygens (including phenoxy) is 1. The maximum absolute atomic E-state index is 11.3. The lowest BCUT2D eigenvalue weighted by Crippen LogP contribution is -2.41. The van der Waals surface area contributed by atoms with Crippen molar-refractivity contribution in [3.05, 3.63) is 34.4 Å². The normalized spacial score (nSPS) is 11.6. The predicted molar refractivity (Wildman–Crippen MR) is 60.1 cm³/mol. The van der Waals surface area contributed by atoms with E-state index < -0.39 is 16.9 Å². The molecule has 0 bridgehead atoms. The number of para-hydroxylation sites is 2. The Morgan fingerprint density at radius 3 is 2.76 bits per heavy atom. The summed E-state index contributed by atoms with van der Waals surface area (Å²) in [5, 5.41) is 10.7. The van der Waals surface area contributed by atoms with Crippen LogP contribution in [0, 0.1) is 10.1 Å². The van der Waals surface area contributed by atoms with E-state index in [0.29, 0.717) is 6.42 Å². The first kappa shape index (κ1) is 12.9. The Morgan fingerprint density at radius 1 is 1.59 bits per heavy atom. The zero-order valence-electron chi connectivity index (χ0n) is 9.25. The molecule has 0 saturated heterocycles. The molecule has 0 heterocycles. The Balaban J connectivity index is 2.93. The molecule has 1 unspecified atom stereocenters. The number of carbonyl (C=O) groups is 1. The molecular weight excluding hydrogens is 226 g/mol. The van der Waals surface area contributed by atoms with Crippen molar-refractivity contribution in [3.63, 3.8) is 0 Å². The number of nitro groups is 1. The van der Waals surface area contributed by atoms with E-state index in [1.165, 1.54) is 18.2 Å². The van der Waals surface area contributed by atoms with Crippen molar-refractivity contribution in [2.45, 2.75) is 19.4 Å². The number of nitrogens with two attached hydrogens (primary N) is 1. The molecule has 0 spiro atoms. The molecule has 1 aromatic rings. The van der Waals surface area contributed by atoms with Crippen molar-refractivity contribution in [2.24, 2.45) is 5.84 Å². The van der Waals surface area contributed by atoms with Crippen LogP contribution in [0.5, 0.6) is 5.75 Å². The minimum Gasteiger partial charge on any atom is -0.473 e. The van der Waals surface area contributed by atoms with Crippen molar-refractivity contribution >= 4 is 11.6 Å². The highest BCUT2D eigenvalue weighted by Gasteiger charge is 2.22. The minimum absolute atomic E-state index is 0.0490. The van der Waals surface area contributed by atoms with E-state index in [4.69, 9.17) is 10.6 Å². The van der Waals surface area contributed by atoms with E-state index in [0.717, 1.165) is 0 Å². The molecule has 3 N–H and O–H groups in total. The van der Waals surface area contributed by atoms with Crippen LogP contribution in [0.1, 0.15) is 13.3 Å². The molecule has 1 amide bonds. The second kappa shape index (κ2) is 5.80. The number of rotatable bonds is 5. The summed E-state index contributed by atoms with van der Waals surface area (Å²) in [5.41, 5.74) is 1.77. The summed E-state index contributed by atoms with van der Waals surface area (Å²) in [6.45, 7) is 1.72. The van der Waals surface area contributed by atoms with Crippen molar-refractivity contribution in [2.75, 3.05) is 0 Å². The van der Waals surface area contributed by atoms with Gasteiger partial charge in [0, 0.05) is 6.07 Å². The molecule has 1 aromatic carbocycles. The molecule has 1 atom stereocenters. The lowest BCUT2D eigenvalue weighted by Gasteiger charge is -2.15. The molecule has 92 valence electrons. The van der Waals surface area contributed by atoms with Crippen LogP contribution in [0.2, 0.25) is 0 Å². The molecule has 0 aliphatic rings. The smallest absolute Gasteiger partial charge is 0.310 e. The second-order valence-electron chi connectivity index (χ2n) is 3.25. The standard InChI is InChI=1S/C10H13N3O4/c1-2-8(10(14)12-11)17-9-6-4-3-5-7(9)13(15)16/h3-6,8H,2,11H2,1H3,(H,12,14). The van der Waals surface area contributed by atoms with Crippen molar-refractivity contribution in [3.8, 4) is 5.75 Å². The fraction of sp³-hybridized carbons (Fsp3) is 0.300. The zero-order chi connectivity index (χ0) is 12.8. The quantitative estimate of drug-likeness (QED) is 0.341. The number of amides is 1. The summed E-state index contributed by atoms with van der Waals surface area (Å²) in [6, 6.07) is 5.86. The van der Waals surface area contributed by atoms with Crippen LogP contribution in [-0.2, 0) is 4.79 Å². The van der Waals surface area contributed by atoms with E-state index in [-0.39, 0.29) is 11.4 Å². The van der Waals surface area contributed by atoms with Gasteiger partial charge in [-0.15, -0.1) is 0 Å². The third-order valence-corrected chi connectivity index (χ3v) is 2.14. The van der Waals surface area contributed by atoms with E-state index in [1.54, 1.807) is 13.0 Å². The van der Waals surface area contributed by atoms with Gasteiger partial charge in [0.2, 0.25) is 0 Å². The predicted octanol–water partition coefficient (Wildman–Crippen LogP) is 0.742. The molecule has 0 aliphatic heterocycles. The number of hydrogen-bond donors (Lipinski definition) is 2. The van der Waals surface area contributed by atoms with Gasteiger partial charge in [-0.2, -0.15) is 0 Å². The van der Waals surface area contributed by atoms with E-state index in [9.17, 15) is 14.9 Å². The molecule has 0 fully saturated rings. The number of hydrazine groups is 1. The third-order valence-electron chi connectivity index (χ3n) is 2.14. The van der Waals surface area contributed by atoms with Gasteiger partial charge in [-0.1, -0.05) is 19.1 Å². The highest BCUT2D eigenvalue weighted by molar-refractivity contribution is 5.80. The second-order valence-corrected chi connectivity index (χ2v) is 3.25. The van der Waals surface area contributed by atoms with Crippen molar-refractivity contribution in [1.29, 1.82) is 0 Å². The van der Waals surface area contributed by atoms with Gasteiger partial charge in [-0.3, -0.25) is 20.3 Å². The Bertz CT molecular complexity index is 422. The maximum atomic E-state index is 11.3. The third kappa shape index (κ3) is 3.15. The molecule has 0 saturated carbocycles. The van der Waals surface area contributed by atoms with Crippen molar-refractivity contribution < 1.29 is 14.5 Å². The van der Waals surface area contributed by atoms with Gasteiger partial charge >= 0.3 is 5.69 Å². The Labute approximate surface area is 97.7 Å². The van der Waals surface area contributed by atoms with Crippen LogP contribution >= 0.6 is 0 Å². The number of benzene rings is 1. The summed E-state index contributed by atoms with van der Waals surface area (Å²) < 4.78 is 5.28. The molecule has 17 heavy (non-hydrogen) atoms. The minimum atomic E-state index is -0.846. The van der Waals surface area contributed by atoms with Gasteiger partial charge in [0.25, 0.3) is 5.91 Å². The topological polar surface area (TPSA) is 107 Å². The SMILES string of the molecule is CCC(Oc1ccccc1[N+](=O)[O-])C(=O)NN. The Morgan fingerprint density at radius 2 is 2.24 bits per heavy atom. The number of hydrogen-bond acceptors (Lipinski definition) is 5. The van der Waals surface area contributed by atoms with Crippen molar-refractivity contribution in [1.82, 2.24) is 5.43 Å². The van der Waals surface area contributed by atoms with Crippen LogP contribution in [0.3, 0.4) is 0 Å². The molecule has 0 aliphatic carbocycles. The van der Waals surface area contributed by atoms with E-state index >= 15 is 0 Å². The van der Waals surface area contributed by atoms with Crippen LogP contribution < -0.4 is 16.0 Å². The highest BCUT2D eigenvalue weighted by Crippen LogP contribution is 2.27. The lowest BCUT2D eigenvalue weighted by atomic mass is 10.2. The molecule has 7 heteroatoms. The Hall–Kier alpha value is -2.15. The monoisotopic (exact) mass is 239 g/mol. The van der Waals surface area contributed by atoms with E-state index in [2.05, 4.69) is 0 Å². The van der Waals surface area contributed by atoms with Gasteiger partial charge in [-0.05, 0) is 12.5 Å². The number of carbonyl (C=O) groups excluding carboxylic acids is 1. The summed E-state index contributed by atoms with van der Waals surface area (Å²) in [7, 11) is 0. The average molecular weight is 239 g/mol. The van der Waals surface area contributed by atoms with Gasteiger partial charge < -0.3 is 4.74 Å². The fourth-order valence-electron chi connectivity index (χ4n) is 1.28. The van der Waals surface area contributed by atoms with Gasteiger partial charge in [0.1, 0.15) is 0 Å². The van der Waals surface area contributed by atoms with Gasteiger partial charge in [0.05, 0.1) is 4.92 Å². The zero-order valence-corrected chi connectivity index (χ0v) is 9.25. The maximum Gasteiger partial charge on any atom is 0.310 e. The average Bonchev–Trinajstić information content (AvgIpc) is 2.35. The summed E-state index contributed by atoms with van der Waals surface area (Å²) in [5.74, 6) is 4.51. The first-order valence-corrected chi connectivity index (χ1v) is 5.00. The fourth-order valence-corrected chi connectivity index (χ4v) is 1.28. The Kier molecular flexibility index (Phi) is 4.41. The molecule has 0 aromatic heterocycles. The first-order valence-electron chi connectivity index (χ1n) is 5.00. The molecule has 1 rings (SSSR count). The van der Waals surface area contributed by atoms with Crippen LogP contribution in [-0.4, -0.2) is 16.9 Å². The summed E-state index contributed by atoms with van der Waals surface area (Å²) in [4.78, 5) is 21.5. The van der Waals surface area contributed by atoms with Gasteiger partial charge in [-0.25, -0.2) is 5.84 Å². The summed E-state index contributed by atoms with van der Waals surface area (Å²) in [6.07, 6.45) is -0.490. The number of nitro benzene ring substituents is 1. The van der Waals surface area contributed by atoms with Crippen LogP contribution in [0.4, 0.5) is 5.69 Å². The molecule has 0 radical (unpaired) electrons. The number of nitrogens with zero attached hydrogens (tertiary/aromatic N) is 1. The molecular formula is C10H13N3O4. The highest BCUT2D eigenvalue weighted by atomic mass is 16.6.